The molecule has 0 unspecified atom stereocenters. The average Bonchev–Trinajstić information content (AvgIpc) is 3.26. The van der Waals surface area contributed by atoms with Gasteiger partial charge in [0.1, 0.15) is 0 Å². The van der Waals surface area contributed by atoms with Crippen molar-refractivity contribution in [3.05, 3.63) is 237 Å². The van der Waals surface area contributed by atoms with Crippen molar-refractivity contribution in [3.8, 4) is 22.3 Å². The predicted molar refractivity (Wildman–Crippen MR) is 233 cm³/mol. The van der Waals surface area contributed by atoms with Gasteiger partial charge in [-0.05, 0) is 78.5 Å². The molecule has 2 heteroatoms. The van der Waals surface area contributed by atoms with E-state index in [0.717, 1.165) is 17.1 Å². The second kappa shape index (κ2) is 14.7. The standard InChI is InChI=1S/C52H39NSi/c1-5-17-40(18-6-1)42-29-32-45(33-30-42)53(52-28-16-15-27-51(52)43-20-7-2-8-21-43)46-34-37-49(38-35-46)54(47-23-9-3-10-24-47,48-25-11-4-12-26-48)50-36-31-41-19-13-14-22-44(41)39-50/h1-39H. The third kappa shape index (κ3) is 6.13. The highest BCUT2D eigenvalue weighted by atomic mass is 28.3. The van der Waals surface area contributed by atoms with Crippen LogP contribution in [0, 0.1) is 0 Å². The lowest BCUT2D eigenvalue weighted by Crippen LogP contribution is -2.74. The van der Waals surface area contributed by atoms with Crippen molar-refractivity contribution < 1.29 is 0 Å². The van der Waals surface area contributed by atoms with Crippen LogP contribution in [0.15, 0.2) is 237 Å². The van der Waals surface area contributed by atoms with Gasteiger partial charge in [0.15, 0.2) is 8.07 Å². The summed E-state index contributed by atoms with van der Waals surface area (Å²) in [5.74, 6) is 0. The highest BCUT2D eigenvalue weighted by molar-refractivity contribution is 7.20. The van der Waals surface area contributed by atoms with Gasteiger partial charge in [0.2, 0.25) is 0 Å². The molecule has 9 aromatic carbocycles. The van der Waals surface area contributed by atoms with E-state index in [1.165, 1.54) is 53.8 Å². The normalized spacial score (nSPS) is 11.3. The highest BCUT2D eigenvalue weighted by Crippen LogP contribution is 2.41. The first-order valence-corrected chi connectivity index (χ1v) is 20.6. The van der Waals surface area contributed by atoms with Gasteiger partial charge in [-0.3, -0.25) is 0 Å². The summed E-state index contributed by atoms with van der Waals surface area (Å²) in [4.78, 5) is 2.41. The molecule has 0 heterocycles. The smallest absolute Gasteiger partial charge is 0.179 e. The van der Waals surface area contributed by atoms with E-state index in [0.29, 0.717) is 0 Å². The van der Waals surface area contributed by atoms with E-state index in [9.17, 15) is 0 Å². The van der Waals surface area contributed by atoms with Gasteiger partial charge in [0.25, 0.3) is 0 Å². The lowest BCUT2D eigenvalue weighted by atomic mass is 10.0. The molecule has 0 spiro atoms. The Morgan fingerprint density at radius 1 is 0.278 bits per heavy atom. The van der Waals surface area contributed by atoms with Crippen LogP contribution in [0.5, 0.6) is 0 Å². The Morgan fingerprint density at radius 2 is 0.704 bits per heavy atom. The first-order chi connectivity index (χ1) is 26.8. The lowest BCUT2D eigenvalue weighted by Gasteiger charge is -2.35. The zero-order valence-corrected chi connectivity index (χ0v) is 31.0. The minimum absolute atomic E-state index is 1.11. The zero-order valence-electron chi connectivity index (χ0n) is 30.0. The molecule has 0 amide bonds. The first kappa shape index (κ1) is 33.1. The summed E-state index contributed by atoms with van der Waals surface area (Å²) in [6, 6.07) is 86.6. The van der Waals surface area contributed by atoms with Crippen LogP contribution in [-0.4, -0.2) is 8.07 Å². The topological polar surface area (TPSA) is 3.24 Å². The van der Waals surface area contributed by atoms with E-state index in [1.54, 1.807) is 0 Å². The fourth-order valence-electron chi connectivity index (χ4n) is 8.05. The van der Waals surface area contributed by atoms with Crippen molar-refractivity contribution >= 4 is 56.7 Å². The monoisotopic (exact) mass is 705 g/mol. The average molecular weight is 706 g/mol. The van der Waals surface area contributed by atoms with E-state index >= 15 is 0 Å². The Labute approximate surface area is 319 Å². The third-order valence-corrected chi connectivity index (χ3v) is 15.4. The molecule has 0 radical (unpaired) electrons. The van der Waals surface area contributed by atoms with Crippen LogP contribution < -0.4 is 25.6 Å². The zero-order chi connectivity index (χ0) is 36.2. The van der Waals surface area contributed by atoms with Gasteiger partial charge in [-0.25, -0.2) is 0 Å². The fraction of sp³-hybridized carbons (Fsp3) is 0. The highest BCUT2D eigenvalue weighted by Gasteiger charge is 2.41. The molecule has 0 atom stereocenters. The summed E-state index contributed by atoms with van der Waals surface area (Å²) >= 11 is 0. The second-order valence-electron chi connectivity index (χ2n) is 13.7. The molecule has 0 aliphatic carbocycles. The van der Waals surface area contributed by atoms with Gasteiger partial charge in [0.05, 0.1) is 5.69 Å². The number of para-hydroxylation sites is 1. The number of hydrogen-bond acceptors (Lipinski definition) is 1. The number of anilines is 3. The quantitative estimate of drug-likeness (QED) is 0.107. The van der Waals surface area contributed by atoms with E-state index in [4.69, 9.17) is 0 Å². The number of rotatable bonds is 9. The molecular weight excluding hydrogens is 667 g/mol. The second-order valence-corrected chi connectivity index (χ2v) is 17.5. The Morgan fingerprint density at radius 3 is 1.31 bits per heavy atom. The molecule has 0 N–H and O–H groups in total. The molecule has 0 saturated heterocycles. The lowest BCUT2D eigenvalue weighted by molar-refractivity contribution is 1.28. The van der Waals surface area contributed by atoms with Crippen molar-refractivity contribution in [2.45, 2.75) is 0 Å². The third-order valence-electron chi connectivity index (χ3n) is 10.6. The summed E-state index contributed by atoms with van der Waals surface area (Å²) in [5, 5.41) is 7.96. The van der Waals surface area contributed by atoms with Crippen LogP contribution in [0.1, 0.15) is 0 Å². The first-order valence-electron chi connectivity index (χ1n) is 18.6. The maximum atomic E-state index is 2.44. The summed E-state index contributed by atoms with van der Waals surface area (Å²) < 4.78 is 0. The number of nitrogens with zero attached hydrogens (tertiary/aromatic N) is 1. The van der Waals surface area contributed by atoms with Gasteiger partial charge < -0.3 is 4.90 Å². The van der Waals surface area contributed by atoms with Crippen molar-refractivity contribution in [2.75, 3.05) is 4.90 Å². The summed E-state index contributed by atoms with van der Waals surface area (Å²) in [6.45, 7) is 0. The molecule has 1 nitrogen and oxygen atoms in total. The molecular formula is C52H39NSi. The van der Waals surface area contributed by atoms with Gasteiger partial charge in [-0.15, -0.1) is 0 Å². The van der Waals surface area contributed by atoms with Gasteiger partial charge in [-0.2, -0.15) is 0 Å². The molecule has 0 aliphatic heterocycles. The van der Waals surface area contributed by atoms with Crippen LogP contribution in [-0.2, 0) is 0 Å². The number of hydrogen-bond donors (Lipinski definition) is 0. The largest absolute Gasteiger partial charge is 0.310 e. The fourth-order valence-corrected chi connectivity index (χ4v) is 12.8. The van der Waals surface area contributed by atoms with Crippen molar-refractivity contribution in [2.24, 2.45) is 0 Å². The Bertz CT molecular complexity index is 2580. The van der Waals surface area contributed by atoms with Gasteiger partial charge in [-0.1, -0.05) is 206 Å². The van der Waals surface area contributed by atoms with E-state index < -0.39 is 8.07 Å². The van der Waals surface area contributed by atoms with E-state index in [1.807, 2.05) is 0 Å². The van der Waals surface area contributed by atoms with Crippen LogP contribution in [0.3, 0.4) is 0 Å². The number of benzene rings is 9. The molecule has 0 aliphatic rings. The minimum atomic E-state index is -2.76. The maximum Gasteiger partial charge on any atom is 0.179 e. The van der Waals surface area contributed by atoms with E-state index in [2.05, 4.69) is 241 Å². The molecule has 0 aromatic heterocycles. The van der Waals surface area contributed by atoms with Crippen molar-refractivity contribution in [1.29, 1.82) is 0 Å². The molecule has 0 fully saturated rings. The summed E-state index contributed by atoms with van der Waals surface area (Å²) in [6.07, 6.45) is 0. The molecule has 0 bridgehead atoms. The molecule has 9 aromatic rings. The predicted octanol–water partition coefficient (Wildman–Crippen LogP) is 11.0. The SMILES string of the molecule is c1ccc(-c2ccc(N(c3ccc([Si](c4ccccc4)(c4ccccc4)c4ccc5ccccc5c4)cc3)c3ccccc3-c3ccccc3)cc2)cc1. The van der Waals surface area contributed by atoms with Crippen LogP contribution in [0.2, 0.25) is 0 Å². The number of fused-ring (bicyclic) bond motifs is 1. The van der Waals surface area contributed by atoms with E-state index in [-0.39, 0.29) is 0 Å². The van der Waals surface area contributed by atoms with Gasteiger partial charge >= 0.3 is 0 Å². The Hall–Kier alpha value is -6.74. The Kier molecular flexibility index (Phi) is 9.02. The van der Waals surface area contributed by atoms with Crippen LogP contribution >= 0.6 is 0 Å². The Balaban J connectivity index is 1.24. The molecule has 0 saturated carbocycles. The van der Waals surface area contributed by atoms with Crippen molar-refractivity contribution in [1.82, 2.24) is 0 Å². The molecule has 256 valence electrons. The summed E-state index contributed by atoms with van der Waals surface area (Å²) in [5.41, 5.74) is 8.12. The maximum absolute atomic E-state index is 2.76. The van der Waals surface area contributed by atoms with Crippen LogP contribution in [0.4, 0.5) is 17.1 Å². The summed E-state index contributed by atoms with van der Waals surface area (Å²) in [7, 11) is -2.76. The van der Waals surface area contributed by atoms with Gasteiger partial charge in [0, 0.05) is 16.9 Å². The molecule has 54 heavy (non-hydrogen) atoms. The van der Waals surface area contributed by atoms with Crippen molar-refractivity contribution in [3.63, 3.8) is 0 Å². The minimum Gasteiger partial charge on any atom is -0.310 e. The molecule has 9 rings (SSSR count). The van der Waals surface area contributed by atoms with Crippen LogP contribution in [0.25, 0.3) is 33.0 Å².